The molecule has 0 saturated carbocycles. The number of imide groups is 3. The number of fused-ring (bicyclic) bond motifs is 2. The van der Waals surface area contributed by atoms with Crippen molar-refractivity contribution in [3.05, 3.63) is 128 Å². The fourth-order valence-electron chi connectivity index (χ4n) is 7.40. The summed E-state index contributed by atoms with van der Waals surface area (Å²) in [5, 5.41) is 0. The molecule has 3 heterocycles. The minimum atomic E-state index is -0.449. The first-order chi connectivity index (χ1) is 25.0. The van der Waals surface area contributed by atoms with Gasteiger partial charge in [0.2, 0.25) is 0 Å². The van der Waals surface area contributed by atoms with Crippen LogP contribution < -0.4 is 14.5 Å². The van der Waals surface area contributed by atoms with Gasteiger partial charge in [-0.25, -0.2) is 9.80 Å². The standard InChI is InChI=1S/C42H37N3O7/c1-6-25-17-23(18-26(7-2)37(25)44-35(46)14-15-36(44)47)16-24-19-27(8-3)38(28(9-4)20-24)45-41(50)32-13-11-30(22-34(32)42(45)51)52-29-10-12-31-33(21-29)40(49)43(5)39(31)48/h10-15,17-22H,6-9,16H2,1-5H3. The summed E-state index contributed by atoms with van der Waals surface area (Å²) < 4.78 is 6.01. The van der Waals surface area contributed by atoms with Crippen LogP contribution in [0.15, 0.2) is 72.8 Å². The molecule has 0 spiro atoms. The number of aryl methyl sites for hydroxylation is 4. The van der Waals surface area contributed by atoms with Crippen LogP contribution in [0, 0.1) is 0 Å². The molecule has 4 aromatic carbocycles. The normalized spacial score (nSPS) is 15.1. The van der Waals surface area contributed by atoms with Gasteiger partial charge in [-0.05, 0) is 102 Å². The van der Waals surface area contributed by atoms with E-state index in [-0.39, 0.29) is 34.4 Å². The molecule has 10 nitrogen and oxygen atoms in total. The van der Waals surface area contributed by atoms with E-state index in [1.807, 2.05) is 39.8 Å². The molecule has 0 radical (unpaired) electrons. The Morgan fingerprint density at radius 2 is 0.865 bits per heavy atom. The van der Waals surface area contributed by atoms with Gasteiger partial charge in [-0.15, -0.1) is 0 Å². The van der Waals surface area contributed by atoms with Crippen molar-refractivity contribution >= 4 is 46.8 Å². The third-order valence-corrected chi connectivity index (χ3v) is 10.00. The minimum absolute atomic E-state index is 0.215. The Bertz CT molecular complexity index is 2230. The molecular weight excluding hydrogens is 658 g/mol. The maximum atomic E-state index is 14.0. The molecule has 0 aromatic heterocycles. The monoisotopic (exact) mass is 695 g/mol. The Morgan fingerprint density at radius 3 is 1.33 bits per heavy atom. The van der Waals surface area contributed by atoms with Gasteiger partial charge in [0.05, 0.1) is 33.6 Å². The molecule has 0 fully saturated rings. The number of benzene rings is 4. The lowest BCUT2D eigenvalue weighted by molar-refractivity contribution is -0.120. The van der Waals surface area contributed by atoms with Crippen LogP contribution in [0.1, 0.15) is 103 Å². The summed E-state index contributed by atoms with van der Waals surface area (Å²) in [5.74, 6) is -1.69. The summed E-state index contributed by atoms with van der Waals surface area (Å²) >= 11 is 0. The Kier molecular flexibility index (Phi) is 8.70. The number of carbonyl (C=O) groups excluding carboxylic acids is 6. The van der Waals surface area contributed by atoms with Gasteiger partial charge in [-0.1, -0.05) is 52.0 Å². The lowest BCUT2D eigenvalue weighted by Crippen LogP contribution is -2.31. The van der Waals surface area contributed by atoms with Gasteiger partial charge in [0.25, 0.3) is 35.4 Å². The number of rotatable bonds is 10. The first-order valence-electron chi connectivity index (χ1n) is 17.5. The van der Waals surface area contributed by atoms with Gasteiger partial charge >= 0.3 is 0 Å². The number of ether oxygens (including phenoxy) is 1. The lowest BCUT2D eigenvalue weighted by Gasteiger charge is -2.24. The van der Waals surface area contributed by atoms with E-state index in [1.165, 1.54) is 47.2 Å². The number of amides is 6. The molecule has 0 saturated heterocycles. The zero-order valence-electron chi connectivity index (χ0n) is 29.7. The third-order valence-electron chi connectivity index (χ3n) is 10.00. The summed E-state index contributed by atoms with van der Waals surface area (Å²) in [7, 11) is 1.42. The molecule has 6 amide bonds. The van der Waals surface area contributed by atoms with E-state index in [1.54, 1.807) is 18.2 Å². The Balaban J connectivity index is 1.18. The first kappa shape index (κ1) is 34.3. The summed E-state index contributed by atoms with van der Waals surface area (Å²) in [6.07, 6.45) is 5.65. The SMILES string of the molecule is CCc1cc(Cc2cc(CC)c(N3C(=O)c4ccc(Oc5ccc6c(c5)C(=O)N(C)C6=O)cc4C3=O)c(CC)c2)cc(CC)c1N1C(=O)C=CC1=O. The molecule has 0 bridgehead atoms. The van der Waals surface area contributed by atoms with E-state index in [2.05, 4.69) is 12.1 Å². The second-order valence-corrected chi connectivity index (χ2v) is 13.1. The van der Waals surface area contributed by atoms with E-state index in [0.29, 0.717) is 60.5 Å². The molecule has 4 aromatic rings. The molecule has 0 aliphatic carbocycles. The van der Waals surface area contributed by atoms with Gasteiger partial charge in [-0.2, -0.15) is 0 Å². The van der Waals surface area contributed by atoms with E-state index >= 15 is 0 Å². The molecule has 7 rings (SSSR count). The lowest BCUT2D eigenvalue weighted by atomic mass is 9.92. The Labute approximate surface area is 301 Å². The minimum Gasteiger partial charge on any atom is -0.457 e. The largest absolute Gasteiger partial charge is 0.457 e. The van der Waals surface area contributed by atoms with Crippen molar-refractivity contribution in [1.29, 1.82) is 0 Å². The number of carbonyl (C=O) groups is 6. The fraction of sp³-hybridized carbons (Fsp3) is 0.238. The average Bonchev–Trinajstić information content (AvgIpc) is 3.69. The van der Waals surface area contributed by atoms with Crippen LogP contribution in [0.5, 0.6) is 11.5 Å². The fourth-order valence-corrected chi connectivity index (χ4v) is 7.40. The predicted octanol–water partition coefficient (Wildman–Crippen LogP) is 6.78. The molecule has 3 aliphatic rings. The van der Waals surface area contributed by atoms with Gasteiger partial charge in [0.15, 0.2) is 0 Å². The first-order valence-corrected chi connectivity index (χ1v) is 17.5. The molecule has 10 heteroatoms. The van der Waals surface area contributed by atoms with Crippen LogP contribution in [0.3, 0.4) is 0 Å². The van der Waals surface area contributed by atoms with Crippen LogP contribution in [0.4, 0.5) is 11.4 Å². The number of anilines is 2. The summed E-state index contributed by atoms with van der Waals surface area (Å²) in [4.78, 5) is 81.5. The van der Waals surface area contributed by atoms with Crippen molar-refractivity contribution in [2.24, 2.45) is 0 Å². The van der Waals surface area contributed by atoms with Crippen molar-refractivity contribution < 1.29 is 33.5 Å². The summed E-state index contributed by atoms with van der Waals surface area (Å²) in [5.41, 5.74) is 7.92. The second kappa shape index (κ2) is 13.2. The van der Waals surface area contributed by atoms with Crippen molar-refractivity contribution in [3.63, 3.8) is 0 Å². The Hall–Kier alpha value is -6.16. The van der Waals surface area contributed by atoms with Crippen LogP contribution in [0.2, 0.25) is 0 Å². The predicted molar refractivity (Wildman–Crippen MR) is 195 cm³/mol. The zero-order valence-corrected chi connectivity index (χ0v) is 29.7. The van der Waals surface area contributed by atoms with E-state index in [9.17, 15) is 28.8 Å². The highest BCUT2D eigenvalue weighted by molar-refractivity contribution is 6.35. The third kappa shape index (κ3) is 5.51. The molecule has 3 aliphatic heterocycles. The molecule has 0 N–H and O–H groups in total. The maximum absolute atomic E-state index is 14.0. The van der Waals surface area contributed by atoms with Gasteiger partial charge in [-0.3, -0.25) is 33.7 Å². The van der Waals surface area contributed by atoms with E-state index in [4.69, 9.17) is 4.74 Å². The van der Waals surface area contributed by atoms with E-state index < -0.39 is 17.7 Å². The highest BCUT2D eigenvalue weighted by atomic mass is 16.5. The topological polar surface area (TPSA) is 121 Å². The highest BCUT2D eigenvalue weighted by Gasteiger charge is 2.39. The quantitative estimate of drug-likeness (QED) is 0.168. The van der Waals surface area contributed by atoms with E-state index in [0.717, 1.165) is 38.3 Å². The van der Waals surface area contributed by atoms with Crippen LogP contribution in [0.25, 0.3) is 0 Å². The zero-order chi connectivity index (χ0) is 37.0. The highest BCUT2D eigenvalue weighted by Crippen LogP contribution is 2.39. The van der Waals surface area contributed by atoms with Crippen LogP contribution >= 0.6 is 0 Å². The van der Waals surface area contributed by atoms with Gasteiger partial charge in [0, 0.05) is 19.2 Å². The van der Waals surface area contributed by atoms with Crippen molar-refractivity contribution in [3.8, 4) is 11.5 Å². The van der Waals surface area contributed by atoms with Crippen molar-refractivity contribution in [1.82, 2.24) is 4.90 Å². The average molecular weight is 696 g/mol. The van der Waals surface area contributed by atoms with Crippen molar-refractivity contribution in [2.75, 3.05) is 16.8 Å². The smallest absolute Gasteiger partial charge is 0.266 e. The molecule has 262 valence electrons. The number of nitrogens with zero attached hydrogens (tertiary/aromatic N) is 3. The Morgan fingerprint density at radius 1 is 0.481 bits per heavy atom. The maximum Gasteiger partial charge on any atom is 0.266 e. The van der Waals surface area contributed by atoms with Gasteiger partial charge < -0.3 is 4.74 Å². The summed E-state index contributed by atoms with van der Waals surface area (Å²) in [6, 6.07) is 17.6. The molecular formula is C42H37N3O7. The van der Waals surface area contributed by atoms with Crippen LogP contribution in [-0.4, -0.2) is 47.4 Å². The molecule has 0 unspecified atom stereocenters. The number of hydrogen-bond acceptors (Lipinski definition) is 7. The second-order valence-electron chi connectivity index (χ2n) is 13.1. The van der Waals surface area contributed by atoms with Crippen LogP contribution in [-0.2, 0) is 41.7 Å². The van der Waals surface area contributed by atoms with Gasteiger partial charge in [0.1, 0.15) is 11.5 Å². The van der Waals surface area contributed by atoms with Crippen molar-refractivity contribution in [2.45, 2.75) is 59.8 Å². The summed E-state index contributed by atoms with van der Waals surface area (Å²) in [6.45, 7) is 8.01. The molecule has 52 heavy (non-hydrogen) atoms. The number of hydrogen-bond donors (Lipinski definition) is 0. The molecule has 0 atom stereocenters.